The lowest BCUT2D eigenvalue weighted by molar-refractivity contribution is -0.0498. The first-order valence-electron chi connectivity index (χ1n) is 5.42. The lowest BCUT2D eigenvalue weighted by Crippen LogP contribution is -2.17. The summed E-state index contributed by atoms with van der Waals surface area (Å²) in [5.74, 6) is -0.297. The second kappa shape index (κ2) is 5.47. The molecule has 0 fully saturated rings. The van der Waals surface area contributed by atoms with E-state index in [1.807, 2.05) is 0 Å². The Balaban J connectivity index is 2.37. The Morgan fingerprint density at radius 3 is 2.95 bits per heavy atom. The molecule has 0 spiro atoms. The number of benzene rings is 1. The van der Waals surface area contributed by atoms with Gasteiger partial charge in [-0.25, -0.2) is 0 Å². The number of carbonyl (C=O) groups excluding carboxylic acids is 1. The maximum Gasteiger partial charge on any atom is 0.387 e. The van der Waals surface area contributed by atoms with Crippen molar-refractivity contribution in [2.24, 2.45) is 0 Å². The fourth-order valence-corrected chi connectivity index (χ4v) is 1.64. The van der Waals surface area contributed by atoms with Crippen LogP contribution in [0.5, 0.6) is 5.75 Å². The molecule has 0 radical (unpaired) electrons. The van der Waals surface area contributed by atoms with E-state index in [0.29, 0.717) is 16.8 Å². The van der Waals surface area contributed by atoms with Crippen molar-refractivity contribution >= 4 is 5.91 Å². The van der Waals surface area contributed by atoms with Crippen LogP contribution in [0.1, 0.15) is 10.4 Å². The summed E-state index contributed by atoms with van der Waals surface area (Å²) < 4.78 is 28.6. The molecule has 1 aromatic carbocycles. The highest BCUT2D eigenvalue weighted by atomic mass is 19.3. The number of hydrogen-bond donors (Lipinski definition) is 2. The molecule has 0 aliphatic carbocycles. The molecular formula is C12H11F2N3O2. The third-order valence-electron chi connectivity index (χ3n) is 2.46. The minimum absolute atomic E-state index is 0.0185. The Kier molecular flexibility index (Phi) is 3.74. The molecule has 2 N–H and O–H groups in total. The van der Waals surface area contributed by atoms with Crippen LogP contribution in [0.15, 0.2) is 30.5 Å². The van der Waals surface area contributed by atoms with E-state index in [2.05, 4.69) is 20.3 Å². The largest absolute Gasteiger partial charge is 0.435 e. The van der Waals surface area contributed by atoms with Crippen LogP contribution >= 0.6 is 0 Å². The van der Waals surface area contributed by atoms with E-state index < -0.39 is 6.61 Å². The first-order chi connectivity index (χ1) is 9.11. The van der Waals surface area contributed by atoms with Crippen molar-refractivity contribution in [2.75, 3.05) is 7.05 Å². The summed E-state index contributed by atoms with van der Waals surface area (Å²) in [4.78, 5) is 11.6. The van der Waals surface area contributed by atoms with Crippen molar-refractivity contribution in [2.45, 2.75) is 6.61 Å². The zero-order chi connectivity index (χ0) is 13.8. The number of aromatic amines is 1. The maximum absolute atomic E-state index is 12.2. The quantitative estimate of drug-likeness (QED) is 0.890. The SMILES string of the molecule is CNC(=O)c1cn[nH]c1-c1cccc(OC(F)F)c1. The van der Waals surface area contributed by atoms with Gasteiger partial charge in [-0.1, -0.05) is 12.1 Å². The van der Waals surface area contributed by atoms with Gasteiger partial charge in [0.2, 0.25) is 0 Å². The van der Waals surface area contributed by atoms with Gasteiger partial charge < -0.3 is 10.1 Å². The van der Waals surface area contributed by atoms with Crippen LogP contribution in [-0.2, 0) is 0 Å². The van der Waals surface area contributed by atoms with Crippen LogP contribution in [0.4, 0.5) is 8.78 Å². The van der Waals surface area contributed by atoms with Crippen LogP contribution in [0.25, 0.3) is 11.3 Å². The predicted molar refractivity (Wildman–Crippen MR) is 64.0 cm³/mol. The van der Waals surface area contributed by atoms with E-state index >= 15 is 0 Å². The van der Waals surface area contributed by atoms with Gasteiger partial charge in [0, 0.05) is 12.6 Å². The van der Waals surface area contributed by atoms with E-state index in [-0.39, 0.29) is 11.7 Å². The smallest absolute Gasteiger partial charge is 0.387 e. The van der Waals surface area contributed by atoms with Gasteiger partial charge in [0.1, 0.15) is 5.75 Å². The first kappa shape index (κ1) is 13.0. The first-order valence-corrected chi connectivity index (χ1v) is 5.42. The summed E-state index contributed by atoms with van der Waals surface area (Å²) in [6.45, 7) is -2.89. The molecule has 0 atom stereocenters. The number of rotatable bonds is 4. The minimum Gasteiger partial charge on any atom is -0.435 e. The fraction of sp³-hybridized carbons (Fsp3) is 0.167. The van der Waals surface area contributed by atoms with Gasteiger partial charge in [0.25, 0.3) is 5.91 Å². The number of H-pyrrole nitrogens is 1. The number of amides is 1. The van der Waals surface area contributed by atoms with E-state index in [1.54, 1.807) is 12.1 Å². The van der Waals surface area contributed by atoms with Gasteiger partial charge in [-0.3, -0.25) is 9.89 Å². The lowest BCUT2D eigenvalue weighted by atomic mass is 10.1. The summed E-state index contributed by atoms with van der Waals surface area (Å²) in [7, 11) is 1.50. The van der Waals surface area contributed by atoms with Crippen molar-refractivity contribution in [3.63, 3.8) is 0 Å². The van der Waals surface area contributed by atoms with Crippen molar-refractivity contribution in [1.82, 2.24) is 15.5 Å². The second-order valence-corrected chi connectivity index (χ2v) is 3.64. The van der Waals surface area contributed by atoms with Gasteiger partial charge in [-0.15, -0.1) is 0 Å². The number of nitrogens with zero attached hydrogens (tertiary/aromatic N) is 1. The highest BCUT2D eigenvalue weighted by Crippen LogP contribution is 2.25. The molecule has 5 nitrogen and oxygen atoms in total. The van der Waals surface area contributed by atoms with Crippen LogP contribution in [0.2, 0.25) is 0 Å². The second-order valence-electron chi connectivity index (χ2n) is 3.64. The van der Waals surface area contributed by atoms with Crippen LogP contribution in [0, 0.1) is 0 Å². The monoisotopic (exact) mass is 267 g/mol. The summed E-state index contributed by atoms with van der Waals surface area (Å²) in [5, 5.41) is 8.92. The van der Waals surface area contributed by atoms with Gasteiger partial charge in [-0.05, 0) is 12.1 Å². The molecule has 1 heterocycles. The zero-order valence-electron chi connectivity index (χ0n) is 9.98. The summed E-state index contributed by atoms with van der Waals surface area (Å²) in [6.07, 6.45) is 1.37. The molecule has 0 saturated heterocycles. The zero-order valence-corrected chi connectivity index (χ0v) is 9.98. The molecule has 0 unspecified atom stereocenters. The molecule has 0 aliphatic rings. The van der Waals surface area contributed by atoms with E-state index in [4.69, 9.17) is 0 Å². The fourth-order valence-electron chi connectivity index (χ4n) is 1.64. The van der Waals surface area contributed by atoms with E-state index in [9.17, 15) is 13.6 Å². The van der Waals surface area contributed by atoms with Crippen molar-refractivity contribution < 1.29 is 18.3 Å². The minimum atomic E-state index is -2.89. The number of carbonyl (C=O) groups is 1. The highest BCUT2D eigenvalue weighted by molar-refractivity contribution is 5.99. The number of aromatic nitrogens is 2. The van der Waals surface area contributed by atoms with Gasteiger partial charge in [0.05, 0.1) is 17.5 Å². The third-order valence-corrected chi connectivity index (χ3v) is 2.46. The predicted octanol–water partition coefficient (Wildman–Crippen LogP) is 2.04. The van der Waals surface area contributed by atoms with E-state index in [0.717, 1.165) is 0 Å². The lowest BCUT2D eigenvalue weighted by Gasteiger charge is -2.07. The Morgan fingerprint density at radius 1 is 1.47 bits per heavy atom. The summed E-state index contributed by atoms with van der Waals surface area (Å²) >= 11 is 0. The highest BCUT2D eigenvalue weighted by Gasteiger charge is 2.14. The normalized spacial score (nSPS) is 10.5. The van der Waals surface area contributed by atoms with Crippen molar-refractivity contribution in [3.05, 3.63) is 36.0 Å². The Labute approximate surface area is 107 Å². The topological polar surface area (TPSA) is 67.0 Å². The Morgan fingerprint density at radius 2 is 2.26 bits per heavy atom. The number of alkyl halides is 2. The number of nitrogens with one attached hydrogen (secondary N) is 2. The molecule has 100 valence electrons. The van der Waals surface area contributed by atoms with Crippen molar-refractivity contribution in [3.8, 4) is 17.0 Å². The van der Waals surface area contributed by atoms with Gasteiger partial charge in [0.15, 0.2) is 0 Å². The average molecular weight is 267 g/mol. The molecule has 2 aromatic rings. The van der Waals surface area contributed by atoms with Crippen LogP contribution < -0.4 is 10.1 Å². The van der Waals surface area contributed by atoms with E-state index in [1.165, 1.54) is 25.4 Å². The molecule has 1 aromatic heterocycles. The molecular weight excluding hydrogens is 256 g/mol. The maximum atomic E-state index is 12.2. The number of ether oxygens (including phenoxy) is 1. The van der Waals surface area contributed by atoms with Gasteiger partial charge >= 0.3 is 6.61 Å². The Hall–Kier alpha value is -2.44. The molecule has 1 amide bonds. The molecule has 0 bridgehead atoms. The van der Waals surface area contributed by atoms with Gasteiger partial charge in [-0.2, -0.15) is 13.9 Å². The van der Waals surface area contributed by atoms with Crippen LogP contribution in [-0.4, -0.2) is 29.8 Å². The summed E-state index contributed by atoms with van der Waals surface area (Å²) in [6, 6.07) is 6.04. The standard InChI is InChI=1S/C12H11F2N3O2/c1-15-11(18)9-6-16-17-10(9)7-3-2-4-8(5-7)19-12(13)14/h2-6,12H,1H3,(H,15,18)(H,16,17). The molecule has 0 aliphatic heterocycles. The Bertz CT molecular complexity index is 584. The molecule has 2 rings (SSSR count). The summed E-state index contributed by atoms with van der Waals surface area (Å²) in [5.41, 5.74) is 1.31. The third kappa shape index (κ3) is 2.87. The number of halogens is 2. The molecule has 0 saturated carbocycles. The molecule has 7 heteroatoms. The average Bonchev–Trinajstić information content (AvgIpc) is 2.86. The van der Waals surface area contributed by atoms with Crippen LogP contribution in [0.3, 0.4) is 0 Å². The van der Waals surface area contributed by atoms with Crippen molar-refractivity contribution in [1.29, 1.82) is 0 Å². The molecule has 19 heavy (non-hydrogen) atoms. The number of hydrogen-bond acceptors (Lipinski definition) is 3.